The molecule has 18 nitrogen and oxygen atoms in total. The van der Waals surface area contributed by atoms with Gasteiger partial charge >= 0.3 is 0 Å². The number of nitrogens with zero attached hydrogens (tertiary/aromatic N) is 9. The van der Waals surface area contributed by atoms with Gasteiger partial charge in [0.05, 0.1) is 72.6 Å². The van der Waals surface area contributed by atoms with E-state index in [1.165, 1.54) is 0 Å². The van der Waals surface area contributed by atoms with Crippen LogP contribution in [0.5, 0.6) is 11.5 Å². The molecule has 0 spiro atoms. The molecule has 68 heavy (non-hydrogen) atoms. The van der Waals surface area contributed by atoms with Crippen LogP contribution in [-0.2, 0) is 39.3 Å². The maximum Gasteiger partial charge on any atom is 0.248 e. The number of methoxy groups -OCH3 is 2. The highest BCUT2D eigenvalue weighted by atomic mass is 16.5. The van der Waals surface area contributed by atoms with E-state index in [4.69, 9.17) is 41.7 Å². The zero-order valence-corrected chi connectivity index (χ0v) is 38.0. The van der Waals surface area contributed by atoms with Crippen LogP contribution < -0.4 is 36.5 Å². The summed E-state index contributed by atoms with van der Waals surface area (Å²) < 4.78 is 17.3. The summed E-state index contributed by atoms with van der Waals surface area (Å²) in [7, 11) is 3.35. The Balaban J connectivity index is 0.000000128. The van der Waals surface area contributed by atoms with Crippen LogP contribution in [0, 0.1) is 0 Å². The monoisotopic (exact) mass is 918 g/mol. The number of fused-ring (bicyclic) bond motifs is 9. The third-order valence-electron chi connectivity index (χ3n) is 12.7. The molecule has 3 amide bonds. The molecule has 0 atom stereocenters. The topological polar surface area (TPSA) is 231 Å². The predicted octanol–water partition coefficient (Wildman–Crippen LogP) is 4.66. The van der Waals surface area contributed by atoms with Gasteiger partial charge in [0.15, 0.2) is 0 Å². The molecule has 3 aliphatic heterocycles. The van der Waals surface area contributed by atoms with E-state index in [0.717, 1.165) is 139 Å². The summed E-state index contributed by atoms with van der Waals surface area (Å²) in [5.41, 5.74) is 25.3. The molecule has 0 saturated carbocycles. The Morgan fingerprint density at radius 2 is 1.03 bits per heavy atom. The number of hydrogen-bond donors (Lipinski definition) is 4. The Kier molecular flexibility index (Phi) is 13.0. The van der Waals surface area contributed by atoms with Gasteiger partial charge in [-0.2, -0.15) is 0 Å². The standard InChI is InChI=1S/2C18H18N4O2.C14H18N4O2/c1-24-14-5-3-13(4-6-14)21-8-9-22-16-7-2-12(18(19)23)10-15(16)20-17(22)11-21;1-24-16-5-3-2-4-15(16)21-8-9-22-14-7-6-12(18(19)23)10-13(14)20-17(22)11-21;15-14(20)10-2-3-12-11(8-10)16-13-9-17(4-1-7-19)5-6-18(12)13/h2*2-7,10H,8-9,11H2,1H3,(H2,19,23);2-3,8,19H,1,4-7,9H2,(H2,15,20). The second-order valence-electron chi connectivity index (χ2n) is 16.8. The van der Waals surface area contributed by atoms with Crippen molar-refractivity contribution < 1.29 is 29.0 Å². The molecule has 0 aliphatic carbocycles. The summed E-state index contributed by atoms with van der Waals surface area (Å²) in [5, 5.41) is 8.90. The van der Waals surface area contributed by atoms with E-state index >= 15 is 0 Å². The molecule has 18 heteroatoms. The van der Waals surface area contributed by atoms with Gasteiger partial charge < -0.3 is 55.3 Å². The maximum absolute atomic E-state index is 11.4. The number of aliphatic hydroxyl groups excluding tert-OH is 1. The van der Waals surface area contributed by atoms with Crippen LogP contribution in [-0.4, -0.2) is 103 Å². The fourth-order valence-corrected chi connectivity index (χ4v) is 9.17. The number of ether oxygens (including phenoxy) is 2. The highest BCUT2D eigenvalue weighted by Gasteiger charge is 2.24. The van der Waals surface area contributed by atoms with Crippen molar-refractivity contribution >= 4 is 62.2 Å². The lowest BCUT2D eigenvalue weighted by Gasteiger charge is -2.30. The fourth-order valence-electron chi connectivity index (χ4n) is 9.17. The van der Waals surface area contributed by atoms with Crippen LogP contribution in [0.3, 0.4) is 0 Å². The first-order valence-electron chi connectivity index (χ1n) is 22.5. The molecule has 8 aromatic rings. The number of hydrogen-bond acceptors (Lipinski definition) is 12. The first-order valence-corrected chi connectivity index (χ1v) is 22.5. The Labute approximate surface area is 392 Å². The Morgan fingerprint density at radius 3 is 1.51 bits per heavy atom. The van der Waals surface area contributed by atoms with Gasteiger partial charge in [0.2, 0.25) is 17.7 Å². The number of anilines is 2. The van der Waals surface area contributed by atoms with Crippen molar-refractivity contribution in [3.05, 3.63) is 137 Å². The van der Waals surface area contributed by atoms with Gasteiger partial charge in [-0.3, -0.25) is 19.3 Å². The molecule has 6 heterocycles. The smallest absolute Gasteiger partial charge is 0.248 e. The Hall–Kier alpha value is -7.96. The van der Waals surface area contributed by atoms with E-state index in [1.807, 2.05) is 48.5 Å². The van der Waals surface area contributed by atoms with Crippen LogP contribution in [0.25, 0.3) is 33.1 Å². The van der Waals surface area contributed by atoms with Gasteiger partial charge in [-0.15, -0.1) is 0 Å². The minimum absolute atomic E-state index is 0.217. The van der Waals surface area contributed by atoms with Gasteiger partial charge in [-0.25, -0.2) is 15.0 Å². The van der Waals surface area contributed by atoms with Crippen LogP contribution in [0.2, 0.25) is 0 Å². The average Bonchev–Trinajstić information content (AvgIpc) is 4.05. The van der Waals surface area contributed by atoms with Gasteiger partial charge in [-0.05, 0) is 97.4 Å². The Bertz CT molecular complexity index is 3160. The van der Waals surface area contributed by atoms with E-state index in [2.05, 4.69) is 51.6 Å². The van der Waals surface area contributed by atoms with Crippen molar-refractivity contribution in [2.75, 3.05) is 56.8 Å². The number of aromatic nitrogens is 6. The molecule has 0 unspecified atom stereocenters. The lowest BCUT2D eigenvalue weighted by Crippen LogP contribution is -2.34. The zero-order chi connectivity index (χ0) is 47.5. The molecular weight excluding hydrogens is 865 g/mol. The van der Waals surface area contributed by atoms with Crippen LogP contribution in [0.4, 0.5) is 11.4 Å². The molecule has 11 rings (SSSR count). The number of amides is 3. The highest BCUT2D eigenvalue weighted by Crippen LogP contribution is 2.32. The lowest BCUT2D eigenvalue weighted by atomic mass is 10.2. The zero-order valence-electron chi connectivity index (χ0n) is 38.0. The third kappa shape index (κ3) is 9.23. The van der Waals surface area contributed by atoms with Crippen molar-refractivity contribution in [1.29, 1.82) is 0 Å². The van der Waals surface area contributed by atoms with Gasteiger partial charge in [0.25, 0.3) is 0 Å². The summed E-state index contributed by atoms with van der Waals surface area (Å²) in [6.07, 6.45) is 0.784. The molecule has 350 valence electrons. The predicted molar refractivity (Wildman–Crippen MR) is 260 cm³/mol. The number of imidazole rings is 3. The number of para-hydroxylation sites is 2. The molecule has 0 bridgehead atoms. The molecule has 3 aromatic heterocycles. The largest absolute Gasteiger partial charge is 0.497 e. The van der Waals surface area contributed by atoms with E-state index in [0.29, 0.717) is 23.2 Å². The summed E-state index contributed by atoms with van der Waals surface area (Å²) in [5.74, 6) is 3.40. The van der Waals surface area contributed by atoms with Crippen molar-refractivity contribution in [3.8, 4) is 11.5 Å². The maximum atomic E-state index is 11.4. The minimum atomic E-state index is -0.432. The summed E-state index contributed by atoms with van der Waals surface area (Å²) in [6, 6.07) is 32.3. The molecule has 5 aromatic carbocycles. The van der Waals surface area contributed by atoms with Crippen LogP contribution >= 0.6 is 0 Å². The Morgan fingerprint density at radius 1 is 0.559 bits per heavy atom. The van der Waals surface area contributed by atoms with Crippen LogP contribution in [0.15, 0.2) is 103 Å². The normalized spacial score (nSPS) is 14.3. The van der Waals surface area contributed by atoms with Crippen molar-refractivity contribution in [2.45, 2.75) is 45.7 Å². The minimum Gasteiger partial charge on any atom is -0.497 e. The summed E-state index contributed by atoms with van der Waals surface area (Å²) >= 11 is 0. The van der Waals surface area contributed by atoms with Crippen molar-refractivity contribution in [1.82, 2.24) is 33.6 Å². The third-order valence-corrected chi connectivity index (χ3v) is 12.7. The molecular formula is C50H54N12O6. The average molecular weight is 919 g/mol. The van der Waals surface area contributed by atoms with E-state index in [1.54, 1.807) is 50.6 Å². The van der Waals surface area contributed by atoms with E-state index < -0.39 is 17.7 Å². The molecule has 0 saturated heterocycles. The number of rotatable bonds is 10. The molecule has 0 radical (unpaired) electrons. The van der Waals surface area contributed by atoms with Gasteiger partial charge in [0.1, 0.15) is 29.0 Å². The second-order valence-corrected chi connectivity index (χ2v) is 16.8. The number of aliphatic hydroxyl groups is 1. The summed E-state index contributed by atoms with van der Waals surface area (Å²) in [4.78, 5) is 54.8. The number of benzene rings is 5. The first-order chi connectivity index (χ1) is 33.0. The summed E-state index contributed by atoms with van der Waals surface area (Å²) in [6.45, 7) is 8.60. The molecule has 3 aliphatic rings. The SMILES string of the molecule is COc1ccc(N2CCn3c(nc4cc(C(N)=O)ccc43)C2)cc1.COc1ccccc1N1CCn2c(nc3cc(C(N)=O)ccc32)C1.NC(=O)c1ccc2c(c1)nc1n2CCN(CCCO)C1. The first kappa shape index (κ1) is 45.2. The number of nitrogens with two attached hydrogens (primary N) is 3. The lowest BCUT2D eigenvalue weighted by molar-refractivity contribution is 0.0992. The van der Waals surface area contributed by atoms with Gasteiger partial charge in [-0.1, -0.05) is 12.1 Å². The highest BCUT2D eigenvalue weighted by molar-refractivity contribution is 5.98. The fraction of sp³-hybridized carbons (Fsp3) is 0.280. The van der Waals surface area contributed by atoms with Crippen LogP contribution in [0.1, 0.15) is 55.0 Å². The van der Waals surface area contributed by atoms with Crippen molar-refractivity contribution in [3.63, 3.8) is 0 Å². The van der Waals surface area contributed by atoms with Crippen molar-refractivity contribution in [2.24, 2.45) is 17.2 Å². The number of carbonyl (C=O) groups excluding carboxylic acids is 3. The second kappa shape index (κ2) is 19.5. The number of carbonyl (C=O) groups is 3. The number of primary amides is 3. The molecule has 0 fully saturated rings. The van der Waals surface area contributed by atoms with E-state index in [-0.39, 0.29) is 6.61 Å². The van der Waals surface area contributed by atoms with E-state index in [9.17, 15) is 14.4 Å². The quantitative estimate of drug-likeness (QED) is 0.147. The molecule has 7 N–H and O–H groups in total. The van der Waals surface area contributed by atoms with Gasteiger partial charge in [0, 0.05) is 74.8 Å².